The van der Waals surface area contributed by atoms with Crippen molar-refractivity contribution in [1.82, 2.24) is 5.32 Å². The Morgan fingerprint density at radius 2 is 1.70 bits per heavy atom. The molecule has 2 aromatic carbocycles. The quantitative estimate of drug-likeness (QED) is 0.668. The van der Waals surface area contributed by atoms with Crippen LogP contribution in [-0.2, 0) is 9.53 Å². The smallest absolute Gasteiger partial charge is 0.221 e. The van der Waals surface area contributed by atoms with Crippen molar-refractivity contribution in [3.63, 3.8) is 0 Å². The first kappa shape index (κ1) is 22.4. The fraction of sp³-hybridized carbons (Fsp3) is 0.500. The second kappa shape index (κ2) is 9.65. The van der Waals surface area contributed by atoms with Gasteiger partial charge in [0.2, 0.25) is 5.91 Å². The molecule has 0 aliphatic carbocycles. The Bertz CT molecular complexity index is 824. The van der Waals surface area contributed by atoms with Gasteiger partial charge >= 0.3 is 0 Å². The van der Waals surface area contributed by atoms with Crippen molar-refractivity contribution in [2.45, 2.75) is 77.5 Å². The van der Waals surface area contributed by atoms with Crippen LogP contribution in [0.5, 0.6) is 5.75 Å². The summed E-state index contributed by atoms with van der Waals surface area (Å²) in [6.07, 6.45) is 2.27. The molecule has 1 heterocycles. The van der Waals surface area contributed by atoms with Gasteiger partial charge in [-0.3, -0.25) is 4.79 Å². The van der Waals surface area contributed by atoms with Crippen LogP contribution in [0.15, 0.2) is 48.5 Å². The summed E-state index contributed by atoms with van der Waals surface area (Å²) in [6, 6.07) is 16.8. The Morgan fingerprint density at radius 1 is 1.10 bits per heavy atom. The number of hydrogen-bond acceptors (Lipinski definition) is 3. The minimum Gasteiger partial charge on any atom is -0.491 e. The standard InChI is InChI=1S/C26H35NO3/c1-18(2)30-23-12-10-21(11-13-23)24(20-8-6-19(3)7-9-20)16-25(28)27-22-14-15-29-26(4,5)17-22/h6-13,18,22,24H,14-17H2,1-5H3,(H,27,28). The molecule has 162 valence electrons. The Morgan fingerprint density at radius 3 is 2.27 bits per heavy atom. The molecule has 30 heavy (non-hydrogen) atoms. The van der Waals surface area contributed by atoms with Crippen molar-refractivity contribution in [2.24, 2.45) is 0 Å². The molecular formula is C26H35NO3. The van der Waals surface area contributed by atoms with Gasteiger partial charge in [0, 0.05) is 25.0 Å². The predicted molar refractivity (Wildman–Crippen MR) is 121 cm³/mol. The molecule has 1 N–H and O–H groups in total. The molecule has 1 saturated heterocycles. The molecule has 0 spiro atoms. The number of ether oxygens (including phenoxy) is 2. The van der Waals surface area contributed by atoms with Crippen molar-refractivity contribution in [3.05, 3.63) is 65.2 Å². The minimum atomic E-state index is -0.182. The number of amides is 1. The molecule has 4 heteroatoms. The number of hydrogen-bond donors (Lipinski definition) is 1. The molecule has 1 aliphatic heterocycles. The van der Waals surface area contributed by atoms with Crippen LogP contribution in [0, 0.1) is 6.92 Å². The van der Waals surface area contributed by atoms with Crippen LogP contribution in [0.4, 0.5) is 0 Å². The lowest BCUT2D eigenvalue weighted by Crippen LogP contribution is -2.46. The largest absolute Gasteiger partial charge is 0.491 e. The van der Waals surface area contributed by atoms with Gasteiger partial charge in [0.25, 0.3) is 0 Å². The summed E-state index contributed by atoms with van der Waals surface area (Å²) in [7, 11) is 0. The molecule has 1 aliphatic rings. The van der Waals surface area contributed by atoms with E-state index >= 15 is 0 Å². The summed E-state index contributed by atoms with van der Waals surface area (Å²) < 4.78 is 11.6. The monoisotopic (exact) mass is 409 g/mol. The van der Waals surface area contributed by atoms with E-state index in [-0.39, 0.29) is 29.6 Å². The molecule has 2 atom stereocenters. The molecular weight excluding hydrogens is 374 g/mol. The van der Waals surface area contributed by atoms with E-state index in [4.69, 9.17) is 9.47 Å². The van der Waals surface area contributed by atoms with Gasteiger partial charge in [-0.1, -0.05) is 42.0 Å². The van der Waals surface area contributed by atoms with Gasteiger partial charge in [-0.2, -0.15) is 0 Å². The Hall–Kier alpha value is -2.33. The van der Waals surface area contributed by atoms with E-state index in [2.05, 4.69) is 62.5 Å². The van der Waals surface area contributed by atoms with Crippen LogP contribution in [0.3, 0.4) is 0 Å². The highest BCUT2D eigenvalue weighted by molar-refractivity contribution is 5.78. The highest BCUT2D eigenvalue weighted by Crippen LogP contribution is 2.31. The van der Waals surface area contributed by atoms with E-state index in [0.29, 0.717) is 13.0 Å². The van der Waals surface area contributed by atoms with Crippen LogP contribution < -0.4 is 10.1 Å². The molecule has 3 rings (SSSR count). The molecule has 0 bridgehead atoms. The van der Waals surface area contributed by atoms with E-state index in [1.54, 1.807) is 0 Å². The SMILES string of the molecule is Cc1ccc(C(CC(=O)NC2CCOC(C)(C)C2)c2ccc(OC(C)C)cc2)cc1. The predicted octanol–water partition coefficient (Wildman–Crippen LogP) is 5.38. The zero-order valence-electron chi connectivity index (χ0n) is 18.9. The molecule has 2 unspecified atom stereocenters. The van der Waals surface area contributed by atoms with Gasteiger partial charge in [0.15, 0.2) is 0 Å². The van der Waals surface area contributed by atoms with Gasteiger partial charge in [0.1, 0.15) is 5.75 Å². The summed E-state index contributed by atoms with van der Waals surface area (Å²) >= 11 is 0. The first-order valence-corrected chi connectivity index (χ1v) is 11.0. The van der Waals surface area contributed by atoms with Crippen molar-refractivity contribution in [1.29, 1.82) is 0 Å². The maximum atomic E-state index is 13.0. The fourth-order valence-corrected chi connectivity index (χ4v) is 4.10. The van der Waals surface area contributed by atoms with Crippen LogP contribution in [-0.4, -0.2) is 30.3 Å². The molecule has 2 aromatic rings. The summed E-state index contributed by atoms with van der Waals surface area (Å²) in [5, 5.41) is 3.25. The topological polar surface area (TPSA) is 47.6 Å². The maximum absolute atomic E-state index is 13.0. The Labute approximate surface area is 181 Å². The molecule has 0 saturated carbocycles. The van der Waals surface area contributed by atoms with Crippen molar-refractivity contribution in [2.75, 3.05) is 6.61 Å². The third kappa shape index (κ3) is 6.33. The molecule has 0 radical (unpaired) electrons. The molecule has 1 fully saturated rings. The highest BCUT2D eigenvalue weighted by atomic mass is 16.5. The second-order valence-electron chi connectivity index (χ2n) is 9.27. The van der Waals surface area contributed by atoms with Crippen molar-refractivity contribution < 1.29 is 14.3 Å². The van der Waals surface area contributed by atoms with Gasteiger partial charge in [0.05, 0.1) is 11.7 Å². The number of benzene rings is 2. The van der Waals surface area contributed by atoms with E-state index in [1.807, 2.05) is 26.0 Å². The van der Waals surface area contributed by atoms with Crippen LogP contribution >= 0.6 is 0 Å². The number of carbonyl (C=O) groups is 1. The minimum absolute atomic E-state index is 0.00607. The van der Waals surface area contributed by atoms with Crippen molar-refractivity contribution >= 4 is 5.91 Å². The van der Waals surface area contributed by atoms with E-state index in [0.717, 1.165) is 29.7 Å². The Kier molecular flexibility index (Phi) is 7.19. The normalized spacial score (nSPS) is 19.3. The maximum Gasteiger partial charge on any atom is 0.221 e. The molecule has 4 nitrogen and oxygen atoms in total. The van der Waals surface area contributed by atoms with Gasteiger partial charge in [-0.15, -0.1) is 0 Å². The average molecular weight is 410 g/mol. The summed E-state index contributed by atoms with van der Waals surface area (Å²) in [5.74, 6) is 0.947. The van der Waals surface area contributed by atoms with Crippen LogP contribution in [0.25, 0.3) is 0 Å². The first-order valence-electron chi connectivity index (χ1n) is 11.0. The van der Waals surface area contributed by atoms with Crippen LogP contribution in [0.2, 0.25) is 0 Å². The summed E-state index contributed by atoms with van der Waals surface area (Å²) in [5.41, 5.74) is 3.31. The van der Waals surface area contributed by atoms with E-state index in [9.17, 15) is 4.79 Å². The summed E-state index contributed by atoms with van der Waals surface area (Å²) in [6.45, 7) is 11.0. The second-order valence-corrected chi connectivity index (χ2v) is 9.27. The number of carbonyl (C=O) groups excluding carboxylic acids is 1. The van der Waals surface area contributed by atoms with Gasteiger partial charge < -0.3 is 14.8 Å². The zero-order chi connectivity index (χ0) is 21.7. The third-order valence-corrected chi connectivity index (χ3v) is 5.59. The third-order valence-electron chi connectivity index (χ3n) is 5.59. The summed E-state index contributed by atoms with van der Waals surface area (Å²) in [4.78, 5) is 13.0. The molecule has 0 aromatic heterocycles. The fourth-order valence-electron chi connectivity index (χ4n) is 4.10. The Balaban J connectivity index is 1.76. The van der Waals surface area contributed by atoms with Crippen molar-refractivity contribution in [3.8, 4) is 5.75 Å². The zero-order valence-corrected chi connectivity index (χ0v) is 18.9. The van der Waals surface area contributed by atoms with Gasteiger partial charge in [-0.05, 0) is 70.7 Å². The van der Waals surface area contributed by atoms with E-state index in [1.165, 1.54) is 5.56 Å². The lowest BCUT2D eigenvalue weighted by atomic mass is 9.87. The average Bonchev–Trinajstić information content (AvgIpc) is 2.66. The number of rotatable bonds is 7. The number of aryl methyl sites for hydroxylation is 1. The van der Waals surface area contributed by atoms with Crippen LogP contribution in [0.1, 0.15) is 69.6 Å². The molecule has 1 amide bonds. The first-order chi connectivity index (χ1) is 14.2. The number of nitrogens with one attached hydrogen (secondary N) is 1. The highest BCUT2D eigenvalue weighted by Gasteiger charge is 2.30. The lowest BCUT2D eigenvalue weighted by Gasteiger charge is -2.36. The van der Waals surface area contributed by atoms with E-state index < -0.39 is 0 Å². The lowest BCUT2D eigenvalue weighted by molar-refractivity contribution is -0.124. The van der Waals surface area contributed by atoms with Gasteiger partial charge in [-0.25, -0.2) is 0 Å².